The van der Waals surface area contributed by atoms with Crippen LogP contribution in [0, 0.1) is 0 Å². The second-order valence-corrected chi connectivity index (χ2v) is 6.24. The number of halogens is 2. The van der Waals surface area contributed by atoms with Crippen molar-refractivity contribution in [1.29, 1.82) is 0 Å². The zero-order chi connectivity index (χ0) is 12.7. The maximum Gasteiger partial charge on any atom is 0.141 e. The molecule has 0 fully saturated rings. The van der Waals surface area contributed by atoms with Gasteiger partial charge in [-0.2, -0.15) is 0 Å². The standard InChI is InChI=1S/C12H19Cl2NOS/c1-2-4-11(13)12(14)5-3-7-15-10(9-16)6-8-17-15/h6,8-12H,2-5,7H2,1H3. The summed E-state index contributed by atoms with van der Waals surface area (Å²) in [6.07, 6.45) is 6.79. The SMILES string of the molecule is CCCC(Cl)C(Cl)CCCN1SC=CC1C=O. The van der Waals surface area contributed by atoms with Crippen LogP contribution in [0.2, 0.25) is 0 Å². The van der Waals surface area contributed by atoms with Crippen LogP contribution in [0.25, 0.3) is 0 Å². The number of hydrogen-bond acceptors (Lipinski definition) is 3. The van der Waals surface area contributed by atoms with Gasteiger partial charge in [-0.3, -0.25) is 0 Å². The molecule has 0 aromatic heterocycles. The Kier molecular flexibility index (Phi) is 7.60. The summed E-state index contributed by atoms with van der Waals surface area (Å²) in [5.41, 5.74) is 0. The van der Waals surface area contributed by atoms with Crippen LogP contribution >= 0.6 is 35.1 Å². The van der Waals surface area contributed by atoms with Crippen molar-refractivity contribution in [2.75, 3.05) is 6.54 Å². The molecule has 1 aliphatic heterocycles. The van der Waals surface area contributed by atoms with Crippen LogP contribution < -0.4 is 0 Å². The summed E-state index contributed by atoms with van der Waals surface area (Å²) >= 11 is 14.0. The summed E-state index contributed by atoms with van der Waals surface area (Å²) in [5.74, 6) is 0. The fraction of sp³-hybridized carbons (Fsp3) is 0.750. The van der Waals surface area contributed by atoms with E-state index >= 15 is 0 Å². The third-order valence-electron chi connectivity index (χ3n) is 2.76. The van der Waals surface area contributed by atoms with E-state index in [4.69, 9.17) is 23.2 Å². The number of nitrogens with zero attached hydrogens (tertiary/aromatic N) is 1. The molecular weight excluding hydrogens is 277 g/mol. The number of rotatable bonds is 8. The minimum Gasteiger partial charge on any atom is -0.301 e. The molecule has 2 nitrogen and oxygen atoms in total. The lowest BCUT2D eigenvalue weighted by Gasteiger charge is -2.20. The van der Waals surface area contributed by atoms with Gasteiger partial charge >= 0.3 is 0 Å². The molecule has 1 rings (SSSR count). The van der Waals surface area contributed by atoms with Crippen LogP contribution in [-0.4, -0.2) is 33.9 Å². The maximum atomic E-state index is 10.8. The molecule has 0 N–H and O–H groups in total. The van der Waals surface area contributed by atoms with Gasteiger partial charge in [0.15, 0.2) is 0 Å². The Labute approximate surface area is 118 Å². The minimum atomic E-state index is -0.0729. The fourth-order valence-electron chi connectivity index (χ4n) is 1.75. The summed E-state index contributed by atoms with van der Waals surface area (Å²) in [4.78, 5) is 10.8. The largest absolute Gasteiger partial charge is 0.301 e. The van der Waals surface area contributed by atoms with E-state index in [1.165, 1.54) is 0 Å². The molecular formula is C12H19Cl2NOS. The fourth-order valence-corrected chi connectivity index (χ4v) is 3.26. The van der Waals surface area contributed by atoms with Gasteiger partial charge in [0.1, 0.15) is 6.29 Å². The Hall–Kier alpha value is 0.300. The molecule has 5 heteroatoms. The van der Waals surface area contributed by atoms with E-state index < -0.39 is 0 Å². The average molecular weight is 296 g/mol. The highest BCUT2D eigenvalue weighted by atomic mass is 35.5. The lowest BCUT2D eigenvalue weighted by molar-refractivity contribution is -0.109. The molecule has 0 amide bonds. The molecule has 17 heavy (non-hydrogen) atoms. The monoisotopic (exact) mass is 295 g/mol. The van der Waals surface area contributed by atoms with E-state index in [1.54, 1.807) is 11.9 Å². The third kappa shape index (κ3) is 5.21. The molecule has 3 unspecified atom stereocenters. The number of aldehydes is 1. The summed E-state index contributed by atoms with van der Waals surface area (Å²) in [6, 6.07) is -0.0729. The van der Waals surface area contributed by atoms with Gasteiger partial charge in [-0.25, -0.2) is 4.31 Å². The van der Waals surface area contributed by atoms with E-state index in [0.717, 1.165) is 38.5 Å². The van der Waals surface area contributed by atoms with Gasteiger partial charge in [0.2, 0.25) is 0 Å². The molecule has 0 aliphatic carbocycles. The zero-order valence-electron chi connectivity index (χ0n) is 10.0. The van der Waals surface area contributed by atoms with Crippen molar-refractivity contribution in [3.8, 4) is 0 Å². The summed E-state index contributed by atoms with van der Waals surface area (Å²) in [6.45, 7) is 2.99. The molecule has 0 aromatic carbocycles. The van der Waals surface area contributed by atoms with Crippen LogP contribution in [-0.2, 0) is 4.79 Å². The van der Waals surface area contributed by atoms with Crippen LogP contribution in [0.15, 0.2) is 11.5 Å². The second kappa shape index (κ2) is 8.41. The molecule has 0 saturated carbocycles. The summed E-state index contributed by atoms with van der Waals surface area (Å²) in [5, 5.41) is 2.05. The van der Waals surface area contributed by atoms with Crippen molar-refractivity contribution in [1.82, 2.24) is 4.31 Å². The highest BCUT2D eigenvalue weighted by molar-refractivity contribution is 8.00. The first kappa shape index (κ1) is 15.4. The number of hydrogen-bond donors (Lipinski definition) is 0. The van der Waals surface area contributed by atoms with Crippen molar-refractivity contribution < 1.29 is 4.79 Å². The quantitative estimate of drug-likeness (QED) is 0.386. The normalized spacial score (nSPS) is 23.8. The van der Waals surface area contributed by atoms with Gasteiger partial charge in [0, 0.05) is 17.3 Å². The van der Waals surface area contributed by atoms with Gasteiger partial charge in [-0.15, -0.1) is 23.2 Å². The second-order valence-electron chi connectivity index (χ2n) is 4.16. The molecule has 0 saturated heterocycles. The van der Waals surface area contributed by atoms with Gasteiger partial charge < -0.3 is 4.79 Å². The molecule has 0 spiro atoms. The van der Waals surface area contributed by atoms with Gasteiger partial charge in [-0.05, 0) is 36.6 Å². The third-order valence-corrected chi connectivity index (χ3v) is 4.91. The predicted octanol–water partition coefficient (Wildman–Crippen LogP) is 3.83. The molecule has 98 valence electrons. The number of carbonyl (C=O) groups excluding carboxylic acids is 1. The van der Waals surface area contributed by atoms with Crippen LogP contribution in [0.5, 0.6) is 0 Å². The first-order valence-electron chi connectivity index (χ1n) is 6.02. The smallest absolute Gasteiger partial charge is 0.141 e. The average Bonchev–Trinajstić information content (AvgIpc) is 2.76. The Morgan fingerprint density at radius 1 is 1.41 bits per heavy atom. The Morgan fingerprint density at radius 3 is 2.76 bits per heavy atom. The van der Waals surface area contributed by atoms with Gasteiger partial charge in [0.25, 0.3) is 0 Å². The van der Waals surface area contributed by atoms with E-state index in [9.17, 15) is 4.79 Å². The lowest BCUT2D eigenvalue weighted by atomic mass is 10.1. The van der Waals surface area contributed by atoms with Crippen LogP contribution in [0.4, 0.5) is 0 Å². The molecule has 3 atom stereocenters. The number of alkyl halides is 2. The predicted molar refractivity (Wildman–Crippen MR) is 76.7 cm³/mol. The summed E-state index contributed by atoms with van der Waals surface area (Å²) < 4.78 is 2.07. The molecule has 1 aliphatic rings. The van der Waals surface area contributed by atoms with Gasteiger partial charge in [-0.1, -0.05) is 19.4 Å². The lowest BCUT2D eigenvalue weighted by Crippen LogP contribution is -2.27. The molecule has 1 heterocycles. The first-order valence-corrected chi connectivity index (χ1v) is 7.73. The Bertz CT molecular complexity index is 263. The van der Waals surface area contributed by atoms with Crippen molar-refractivity contribution >= 4 is 41.4 Å². The van der Waals surface area contributed by atoms with E-state index in [2.05, 4.69) is 11.2 Å². The van der Waals surface area contributed by atoms with Crippen molar-refractivity contribution in [3.63, 3.8) is 0 Å². The van der Waals surface area contributed by atoms with Crippen molar-refractivity contribution in [3.05, 3.63) is 11.5 Å². The van der Waals surface area contributed by atoms with E-state index in [-0.39, 0.29) is 16.8 Å². The van der Waals surface area contributed by atoms with E-state index in [1.807, 2.05) is 11.5 Å². The van der Waals surface area contributed by atoms with Gasteiger partial charge in [0.05, 0.1) is 6.04 Å². The molecule has 0 radical (unpaired) electrons. The Morgan fingerprint density at radius 2 is 2.12 bits per heavy atom. The highest BCUT2D eigenvalue weighted by Gasteiger charge is 2.21. The number of carbonyl (C=O) groups is 1. The van der Waals surface area contributed by atoms with Crippen LogP contribution in [0.3, 0.4) is 0 Å². The molecule has 0 bridgehead atoms. The topological polar surface area (TPSA) is 20.3 Å². The first-order chi connectivity index (χ1) is 8.19. The minimum absolute atomic E-state index is 0.0341. The Balaban J connectivity index is 2.17. The van der Waals surface area contributed by atoms with Crippen molar-refractivity contribution in [2.45, 2.75) is 49.4 Å². The van der Waals surface area contributed by atoms with E-state index in [0.29, 0.717) is 0 Å². The summed E-state index contributed by atoms with van der Waals surface area (Å²) in [7, 11) is 0. The van der Waals surface area contributed by atoms with Crippen molar-refractivity contribution in [2.24, 2.45) is 0 Å². The van der Waals surface area contributed by atoms with Crippen LogP contribution in [0.1, 0.15) is 32.6 Å². The maximum absolute atomic E-state index is 10.8. The zero-order valence-corrected chi connectivity index (χ0v) is 12.3. The highest BCUT2D eigenvalue weighted by Crippen LogP contribution is 2.25. The molecule has 0 aromatic rings.